The van der Waals surface area contributed by atoms with Crippen LogP contribution in [0.15, 0.2) is 84.0 Å². The summed E-state index contributed by atoms with van der Waals surface area (Å²) in [5, 5.41) is 42.2. The number of nitrogens with zero attached hydrogens (tertiary/aromatic N) is 2. The summed E-state index contributed by atoms with van der Waals surface area (Å²) >= 11 is 0. The van der Waals surface area contributed by atoms with Crippen LogP contribution in [-0.4, -0.2) is 198 Å². The van der Waals surface area contributed by atoms with Gasteiger partial charge in [-0.25, -0.2) is 32.3 Å². The smallest absolute Gasteiger partial charge is 0.462 e. The van der Waals surface area contributed by atoms with Gasteiger partial charge in [0.25, 0.3) is 10.2 Å². The van der Waals surface area contributed by atoms with Crippen molar-refractivity contribution in [2.45, 2.75) is 198 Å². The molecule has 0 radical (unpaired) electrons. The van der Waals surface area contributed by atoms with Gasteiger partial charge in [-0.2, -0.15) is 0 Å². The van der Waals surface area contributed by atoms with Crippen LogP contribution in [0, 0.1) is 79.4 Å². The molecular weight excluding hydrogens is 1450 g/mol. The minimum atomic E-state index is -2.38. The van der Waals surface area contributed by atoms with E-state index in [9.17, 15) is 68.8 Å². The Balaban J connectivity index is 0.000000217. The number of ether oxygens (including phenoxy) is 12. The van der Waals surface area contributed by atoms with Crippen LogP contribution >= 0.6 is 0 Å². The molecule has 5 unspecified atom stereocenters. The molecule has 2 saturated heterocycles. The zero-order chi connectivity index (χ0) is 79.6. The molecule has 8 fully saturated rings. The second-order valence-corrected chi connectivity index (χ2v) is 31.4. The van der Waals surface area contributed by atoms with Gasteiger partial charge in [0, 0.05) is 39.9 Å². The number of fused-ring (bicyclic) bond motifs is 14. The maximum Gasteiger partial charge on any atom is 0.514 e. The molecule has 10 aliphatic rings. The van der Waals surface area contributed by atoms with Crippen molar-refractivity contribution in [3.05, 3.63) is 126 Å². The van der Waals surface area contributed by atoms with E-state index in [1.54, 1.807) is 61.5 Å². The third-order valence-electron chi connectivity index (χ3n) is 24.2. The number of aryl methyl sites for hydroxylation is 2. The second-order valence-electron chi connectivity index (χ2n) is 31.4. The topological polar surface area (TPSA) is 393 Å². The fraction of sp³-hybridized carbons (Fsp3) is 0.632. The number of ketones is 4. The number of carbonyl (C=O) groups excluding carboxylic acids is 8. The number of halogens is 3. The van der Waals surface area contributed by atoms with Crippen molar-refractivity contribution in [3.63, 3.8) is 0 Å². The molecule has 594 valence electrons. The van der Waals surface area contributed by atoms with E-state index in [2.05, 4.69) is 9.68 Å². The molecule has 0 amide bonds. The quantitative estimate of drug-likeness (QED) is 0.0233. The van der Waals surface area contributed by atoms with E-state index in [-0.39, 0.29) is 119 Å². The van der Waals surface area contributed by atoms with Gasteiger partial charge in [0.05, 0.1) is 68.6 Å². The molecule has 18 atom stereocenters. The van der Waals surface area contributed by atoms with Crippen molar-refractivity contribution >= 4 is 47.4 Å². The summed E-state index contributed by atoms with van der Waals surface area (Å²) in [6.45, 7) is 16.4. The average molecular weight is 1540 g/mol. The molecule has 2 heterocycles. The Morgan fingerprint density at radius 1 is 0.596 bits per heavy atom. The van der Waals surface area contributed by atoms with Crippen molar-refractivity contribution < 1.29 is 138 Å². The van der Waals surface area contributed by atoms with Crippen LogP contribution in [0.3, 0.4) is 0 Å². The maximum atomic E-state index is 17.7. The van der Waals surface area contributed by atoms with E-state index in [0.29, 0.717) is 29.5 Å². The molecule has 33 heteroatoms. The molecule has 2 aromatic carbocycles. The second kappa shape index (κ2) is 30.3. The first-order valence-corrected chi connectivity index (χ1v) is 36.1. The van der Waals surface area contributed by atoms with Gasteiger partial charge in [0.15, 0.2) is 58.9 Å². The molecular formula is C76H91F3N2O28. The number of aliphatic hydroxyl groups excluding tert-OH is 2. The van der Waals surface area contributed by atoms with Gasteiger partial charge in [0.2, 0.25) is 11.6 Å². The number of esters is 2. The van der Waals surface area contributed by atoms with Crippen LogP contribution in [0.2, 0.25) is 0 Å². The number of rotatable bonds is 25. The molecule has 109 heavy (non-hydrogen) atoms. The normalized spacial score (nSPS) is 35.2. The van der Waals surface area contributed by atoms with Crippen LogP contribution in [0.4, 0.5) is 22.8 Å². The molecule has 30 nitrogen and oxygen atoms in total. The fourth-order valence-electron chi connectivity index (χ4n) is 19.5. The van der Waals surface area contributed by atoms with Crippen LogP contribution in [0.25, 0.3) is 0 Å². The summed E-state index contributed by atoms with van der Waals surface area (Å²) < 4.78 is 119. The number of benzene rings is 2. The first kappa shape index (κ1) is 81.4. The Morgan fingerprint density at radius 3 is 1.55 bits per heavy atom. The zero-order valence-electron chi connectivity index (χ0n) is 62.3. The zero-order valence-corrected chi connectivity index (χ0v) is 62.3. The van der Waals surface area contributed by atoms with Crippen molar-refractivity contribution in [1.29, 1.82) is 0 Å². The Labute approximate surface area is 624 Å². The van der Waals surface area contributed by atoms with Crippen molar-refractivity contribution in [3.8, 4) is 11.5 Å². The molecule has 6 saturated carbocycles. The molecule has 0 spiro atoms. The summed E-state index contributed by atoms with van der Waals surface area (Å²) in [5.74, 6) is -8.67. The van der Waals surface area contributed by atoms with Crippen LogP contribution in [0.5, 0.6) is 11.5 Å². The van der Waals surface area contributed by atoms with E-state index < -0.39 is 181 Å². The molecule has 0 bridgehead atoms. The largest absolute Gasteiger partial charge is 0.514 e. The Morgan fingerprint density at radius 2 is 1.06 bits per heavy atom. The number of hydrogen-bond acceptors (Lipinski definition) is 28. The number of carbonyl (C=O) groups is 8. The van der Waals surface area contributed by atoms with Gasteiger partial charge in [-0.05, 0) is 196 Å². The van der Waals surface area contributed by atoms with Gasteiger partial charge < -0.3 is 76.7 Å². The lowest BCUT2D eigenvalue weighted by Crippen LogP contribution is -2.71. The van der Waals surface area contributed by atoms with Crippen LogP contribution in [0.1, 0.15) is 146 Å². The van der Waals surface area contributed by atoms with Crippen LogP contribution in [-0.2, 0) is 76.2 Å². The lowest BCUT2D eigenvalue weighted by atomic mass is 9.44. The third kappa shape index (κ3) is 14.5. The average Bonchev–Trinajstić information content (AvgIpc) is 1.54. The molecule has 8 aliphatic carbocycles. The molecule has 12 rings (SSSR count). The molecule has 2 N–H and O–H groups in total. The monoisotopic (exact) mass is 1540 g/mol. The van der Waals surface area contributed by atoms with Crippen molar-refractivity contribution in [2.24, 2.45) is 45.3 Å². The predicted octanol–water partition coefficient (Wildman–Crippen LogP) is 9.39. The van der Waals surface area contributed by atoms with E-state index in [4.69, 9.17) is 56.8 Å². The SMILES string of the molecule is Cc1cc(C(=O)OCCC(C)O[N+](=O)[O-])ccc1OC(=O)OCC(=O)[C@@]12OC(C)(C)O[C@@H]1CC1C3C[C@H](F)C4=CC(=O)C=C[C@]4(C)[C@@]3(F)[C@@H](O)C[C@@]12C.Cc1cc(C(=O)OCCOCCOCCO[N+](=O)[O-])ccc1OC(=O)OCC(=O)[C@@]12OC(C)(C)O[C@@H]1CC1C3CCC4=CC(=O)C=C[C@]4(C)[C@@]3(F)[C@@H](O)C[C@@]12C. The summed E-state index contributed by atoms with van der Waals surface area (Å²) in [7, 11) is 0. The first-order valence-electron chi connectivity index (χ1n) is 36.1. The number of aliphatic hydroxyl groups is 2. The van der Waals surface area contributed by atoms with Gasteiger partial charge in [-0.3, -0.25) is 19.2 Å². The minimum absolute atomic E-state index is 0.0191. The van der Waals surface area contributed by atoms with E-state index in [0.717, 1.165) is 6.08 Å². The van der Waals surface area contributed by atoms with Gasteiger partial charge in [-0.15, -0.1) is 20.2 Å². The molecule has 2 aliphatic heterocycles. The lowest BCUT2D eigenvalue weighted by Gasteiger charge is -2.63. The predicted molar refractivity (Wildman–Crippen MR) is 367 cm³/mol. The van der Waals surface area contributed by atoms with E-state index >= 15 is 13.2 Å². The highest BCUT2D eigenvalue weighted by Gasteiger charge is 2.82. The van der Waals surface area contributed by atoms with Crippen molar-refractivity contribution in [1.82, 2.24) is 0 Å². The third-order valence-corrected chi connectivity index (χ3v) is 24.2. The number of hydrogen-bond donors (Lipinski definition) is 2. The highest BCUT2D eigenvalue weighted by molar-refractivity contribution is 6.02. The van der Waals surface area contributed by atoms with Gasteiger partial charge >= 0.3 is 24.2 Å². The number of alkyl halides is 3. The van der Waals surface area contributed by atoms with E-state index in [1.165, 1.54) is 74.5 Å². The Hall–Kier alpha value is -8.57. The Kier molecular flexibility index (Phi) is 22.6. The fourth-order valence-corrected chi connectivity index (χ4v) is 19.5. The van der Waals surface area contributed by atoms with Crippen molar-refractivity contribution in [2.75, 3.05) is 59.5 Å². The minimum Gasteiger partial charge on any atom is -0.462 e. The number of Topliss-reactive ketones (excluding diaryl/α,β-unsaturated/α-hetero) is 2. The lowest BCUT2D eigenvalue weighted by molar-refractivity contribution is -0.767. The highest BCUT2D eigenvalue weighted by atomic mass is 19.2. The first-order chi connectivity index (χ1) is 51.1. The number of allylic oxidation sites excluding steroid dienone is 8. The Bertz CT molecular complexity index is 4120. The standard InChI is InChI=1S/C39H48FNO15.C37H43F2NO13/c1-23-18-24(33(45)51-16-14-49-12-13-50-15-17-53-41(47)48)6-9-29(23)54-34(46)52-22-31(44)39-32(55-35(2,3)56-39)20-28-27-8-7-25-19-26(42)10-11-36(25,4)38(27,40)30(43)21-37(28,39)5;1-19-13-21(31(44)48-12-10-20(2)52-40(46)47)7-8-27(19)50-32(45)49-18-29(43)37-30(51-33(3,4)53-37)16-23-24-15-26(38)25-14-22(41)9-11-34(25,5)36(24,39)28(42)17-35(23,37)6/h6,9-11,18-19,27-28,30,32,43H,7-8,12-17,20-22H2,1-5H3;7-9,11,13-14,20,23-24,26,28,30,42H,10,12,15-18H2,1-6H3/t27?,28?,30-,32+,36-,37-,38-,39+;20?,23?,24?,26-,28-,30+,34-,35-,36-,37+/m00/s1. The summed E-state index contributed by atoms with van der Waals surface area (Å²) in [6.07, 6.45) is -1.27. The summed E-state index contributed by atoms with van der Waals surface area (Å²) in [5.41, 5.74) is -11.5. The highest BCUT2D eigenvalue weighted by Crippen LogP contribution is 2.75. The van der Waals surface area contributed by atoms with Crippen LogP contribution < -0.4 is 9.47 Å². The van der Waals surface area contributed by atoms with Gasteiger partial charge in [0.1, 0.15) is 37.0 Å². The summed E-state index contributed by atoms with van der Waals surface area (Å²) in [4.78, 5) is 133. The van der Waals surface area contributed by atoms with E-state index in [1.807, 2.05) is 6.92 Å². The van der Waals surface area contributed by atoms with Gasteiger partial charge in [-0.1, -0.05) is 31.6 Å². The summed E-state index contributed by atoms with van der Waals surface area (Å²) in [6, 6.07) is 8.29. The maximum absolute atomic E-state index is 17.7. The molecule has 2 aromatic rings. The molecule has 0 aromatic heterocycles.